The molecule has 1 aliphatic heterocycles. The van der Waals surface area contributed by atoms with Crippen LogP contribution in [0.5, 0.6) is 17.2 Å². The van der Waals surface area contributed by atoms with Crippen molar-refractivity contribution in [2.45, 2.75) is 19.4 Å². The first kappa shape index (κ1) is 19.5. The molecule has 1 heterocycles. The second-order valence-corrected chi connectivity index (χ2v) is 6.59. The van der Waals surface area contributed by atoms with Gasteiger partial charge in [-0.05, 0) is 38.1 Å². The van der Waals surface area contributed by atoms with Crippen LogP contribution in [-0.4, -0.2) is 51.9 Å². The molecule has 0 amide bonds. The topological polar surface area (TPSA) is 43.0 Å². The summed E-state index contributed by atoms with van der Waals surface area (Å²) in [5.74, 6) is 2.58. The number of hydrogen-bond donors (Lipinski definition) is 1. The van der Waals surface area contributed by atoms with E-state index in [1.807, 2.05) is 37.3 Å². The van der Waals surface area contributed by atoms with Gasteiger partial charge in [-0.15, -0.1) is 0 Å². The number of ether oxygens (including phenoxy) is 3. The van der Waals surface area contributed by atoms with Gasteiger partial charge >= 0.3 is 0 Å². The van der Waals surface area contributed by atoms with Crippen molar-refractivity contribution < 1.29 is 14.2 Å². The zero-order valence-corrected chi connectivity index (χ0v) is 16.5. The molecule has 27 heavy (non-hydrogen) atoms. The Morgan fingerprint density at radius 1 is 0.926 bits per heavy atom. The van der Waals surface area contributed by atoms with Gasteiger partial charge in [-0.25, -0.2) is 0 Å². The third-order valence-electron chi connectivity index (χ3n) is 4.99. The van der Waals surface area contributed by atoms with Crippen LogP contribution < -0.4 is 19.5 Å². The van der Waals surface area contributed by atoms with E-state index in [2.05, 4.69) is 22.3 Å². The lowest BCUT2D eigenvalue weighted by atomic mass is 9.94. The van der Waals surface area contributed by atoms with Crippen molar-refractivity contribution in [2.24, 2.45) is 0 Å². The fraction of sp³-hybridized carbons (Fsp3) is 0.455. The number of hydrogen-bond acceptors (Lipinski definition) is 5. The maximum absolute atomic E-state index is 5.98. The van der Waals surface area contributed by atoms with E-state index in [9.17, 15) is 0 Å². The lowest BCUT2D eigenvalue weighted by Gasteiger charge is -2.34. The zero-order valence-electron chi connectivity index (χ0n) is 16.5. The van der Waals surface area contributed by atoms with E-state index in [-0.39, 0.29) is 6.04 Å². The van der Waals surface area contributed by atoms with Crippen molar-refractivity contribution in [1.29, 1.82) is 0 Å². The first-order chi connectivity index (χ1) is 13.3. The highest BCUT2D eigenvalue weighted by Gasteiger charge is 2.31. The van der Waals surface area contributed by atoms with Crippen molar-refractivity contribution in [3.63, 3.8) is 0 Å². The Morgan fingerprint density at radius 3 is 2.33 bits per heavy atom. The molecule has 0 spiro atoms. The summed E-state index contributed by atoms with van der Waals surface area (Å²) in [5.41, 5.74) is 2.20. The van der Waals surface area contributed by atoms with Crippen molar-refractivity contribution in [2.75, 3.05) is 47.0 Å². The number of para-hydroxylation sites is 1. The van der Waals surface area contributed by atoms with Crippen molar-refractivity contribution in [1.82, 2.24) is 10.2 Å². The molecule has 2 aromatic rings. The summed E-state index contributed by atoms with van der Waals surface area (Å²) in [6.07, 6.45) is 1.10. The van der Waals surface area contributed by atoms with E-state index < -0.39 is 0 Å². The molecule has 1 atom stereocenters. The van der Waals surface area contributed by atoms with Crippen LogP contribution >= 0.6 is 0 Å². The standard InChI is InChI=1S/C22H30N2O3/c1-4-27-18-10-6-5-9-17(18)22(24-15-8-13-23-14-16-24)21-19(25-2)11-7-12-20(21)26-3/h5-7,9-12,22-23H,4,8,13-16H2,1-3H3. The summed E-state index contributed by atoms with van der Waals surface area (Å²) in [6.45, 7) is 6.61. The SMILES string of the molecule is CCOc1ccccc1C(c1c(OC)cccc1OC)N1CCCNCC1. The van der Waals surface area contributed by atoms with E-state index in [1.165, 1.54) is 0 Å². The molecule has 146 valence electrons. The maximum Gasteiger partial charge on any atom is 0.127 e. The maximum atomic E-state index is 5.98. The Kier molecular flexibility index (Phi) is 6.96. The Hall–Kier alpha value is -2.24. The molecule has 3 rings (SSSR count). The average molecular weight is 370 g/mol. The predicted octanol–water partition coefficient (Wildman–Crippen LogP) is 3.49. The van der Waals surface area contributed by atoms with Gasteiger partial charge in [0.25, 0.3) is 0 Å². The van der Waals surface area contributed by atoms with Gasteiger partial charge in [0, 0.05) is 25.2 Å². The Bertz CT molecular complexity index is 705. The number of nitrogens with one attached hydrogen (secondary N) is 1. The summed E-state index contributed by atoms with van der Waals surface area (Å²) in [6, 6.07) is 14.3. The van der Waals surface area contributed by atoms with Crippen LogP contribution in [0, 0.1) is 0 Å². The molecule has 0 bridgehead atoms. The molecule has 5 nitrogen and oxygen atoms in total. The van der Waals surface area contributed by atoms with Crippen LogP contribution in [0.3, 0.4) is 0 Å². The number of rotatable bonds is 7. The minimum absolute atomic E-state index is 0.00116. The number of nitrogens with zero attached hydrogens (tertiary/aromatic N) is 1. The third-order valence-corrected chi connectivity index (χ3v) is 4.99. The summed E-state index contributed by atoms with van der Waals surface area (Å²) in [4.78, 5) is 2.50. The molecule has 2 aromatic carbocycles. The largest absolute Gasteiger partial charge is 0.496 e. The van der Waals surface area contributed by atoms with E-state index in [4.69, 9.17) is 14.2 Å². The highest BCUT2D eigenvalue weighted by molar-refractivity contribution is 5.53. The Morgan fingerprint density at radius 2 is 1.63 bits per heavy atom. The summed E-state index contributed by atoms with van der Waals surface area (Å²) in [7, 11) is 3.43. The molecule has 1 saturated heterocycles. The summed E-state index contributed by atoms with van der Waals surface area (Å²) < 4.78 is 17.5. The minimum Gasteiger partial charge on any atom is -0.496 e. The quantitative estimate of drug-likeness (QED) is 0.808. The van der Waals surface area contributed by atoms with Gasteiger partial charge in [0.15, 0.2) is 0 Å². The lowest BCUT2D eigenvalue weighted by molar-refractivity contribution is 0.224. The van der Waals surface area contributed by atoms with Crippen LogP contribution in [-0.2, 0) is 0 Å². The molecule has 1 aliphatic rings. The van der Waals surface area contributed by atoms with Gasteiger partial charge in [0.05, 0.1) is 32.4 Å². The summed E-state index contributed by atoms with van der Waals surface area (Å²) in [5, 5.41) is 3.50. The van der Waals surface area contributed by atoms with Crippen molar-refractivity contribution in [3.8, 4) is 17.2 Å². The van der Waals surface area contributed by atoms with Crippen molar-refractivity contribution >= 4 is 0 Å². The van der Waals surface area contributed by atoms with Gasteiger partial charge in [0.2, 0.25) is 0 Å². The Labute approximate surface area is 162 Å². The van der Waals surface area contributed by atoms with E-state index in [1.54, 1.807) is 14.2 Å². The van der Waals surface area contributed by atoms with Crippen LogP contribution in [0.4, 0.5) is 0 Å². The first-order valence-corrected chi connectivity index (χ1v) is 9.67. The predicted molar refractivity (Wildman–Crippen MR) is 108 cm³/mol. The van der Waals surface area contributed by atoms with E-state index in [0.717, 1.165) is 61.0 Å². The van der Waals surface area contributed by atoms with Crippen LogP contribution in [0.1, 0.15) is 30.5 Å². The fourth-order valence-corrected chi connectivity index (χ4v) is 3.80. The molecular weight excluding hydrogens is 340 g/mol. The number of benzene rings is 2. The minimum atomic E-state index is -0.00116. The fourth-order valence-electron chi connectivity index (χ4n) is 3.80. The smallest absolute Gasteiger partial charge is 0.127 e. The monoisotopic (exact) mass is 370 g/mol. The van der Waals surface area contributed by atoms with Crippen LogP contribution in [0.25, 0.3) is 0 Å². The number of methoxy groups -OCH3 is 2. The molecular formula is C22H30N2O3. The van der Waals surface area contributed by atoms with Crippen LogP contribution in [0.15, 0.2) is 42.5 Å². The van der Waals surface area contributed by atoms with Crippen LogP contribution in [0.2, 0.25) is 0 Å². The molecule has 0 saturated carbocycles. The summed E-state index contributed by atoms with van der Waals surface area (Å²) >= 11 is 0. The Balaban J connectivity index is 2.17. The second-order valence-electron chi connectivity index (χ2n) is 6.59. The van der Waals surface area contributed by atoms with E-state index in [0.29, 0.717) is 6.61 Å². The zero-order chi connectivity index (χ0) is 19.1. The molecule has 1 unspecified atom stereocenters. The normalized spacial score (nSPS) is 16.4. The molecule has 1 fully saturated rings. The molecule has 0 aromatic heterocycles. The van der Waals surface area contributed by atoms with Gasteiger partial charge in [-0.2, -0.15) is 0 Å². The average Bonchev–Trinajstić information content (AvgIpc) is 2.99. The van der Waals surface area contributed by atoms with Gasteiger partial charge in [0.1, 0.15) is 17.2 Å². The highest BCUT2D eigenvalue weighted by Crippen LogP contribution is 2.43. The second kappa shape index (κ2) is 9.62. The molecule has 0 radical (unpaired) electrons. The van der Waals surface area contributed by atoms with Gasteiger partial charge in [-0.1, -0.05) is 24.3 Å². The molecule has 1 N–H and O–H groups in total. The highest BCUT2D eigenvalue weighted by atomic mass is 16.5. The van der Waals surface area contributed by atoms with Gasteiger partial charge in [-0.3, -0.25) is 4.90 Å². The first-order valence-electron chi connectivity index (χ1n) is 9.67. The third kappa shape index (κ3) is 4.37. The lowest BCUT2D eigenvalue weighted by Crippen LogP contribution is -2.33. The van der Waals surface area contributed by atoms with Gasteiger partial charge < -0.3 is 19.5 Å². The van der Waals surface area contributed by atoms with Crippen molar-refractivity contribution in [3.05, 3.63) is 53.6 Å². The molecule has 5 heteroatoms. The molecule has 0 aliphatic carbocycles. The van der Waals surface area contributed by atoms with E-state index >= 15 is 0 Å².